The van der Waals surface area contributed by atoms with Crippen LogP contribution in [0.5, 0.6) is 0 Å². The number of aliphatic hydroxyl groups excluding tert-OH is 1. The smallest absolute Gasteiger partial charge is 0.104 e. The molecule has 2 rings (SSSR count). The Labute approximate surface area is 94.4 Å². The Morgan fingerprint density at radius 3 is 2.31 bits per heavy atom. The number of hydrogen-bond donors (Lipinski definition) is 1. The highest BCUT2D eigenvalue weighted by atomic mass is 16.3. The molecule has 0 aliphatic heterocycles. The average Bonchev–Trinajstić information content (AvgIpc) is 2.39. The zero-order valence-electron chi connectivity index (χ0n) is 8.67. The molecule has 0 saturated carbocycles. The molecular formula is C14H11NO. The number of nitriles is 1. The van der Waals surface area contributed by atoms with E-state index in [0.717, 1.165) is 11.1 Å². The molecule has 0 aromatic heterocycles. The van der Waals surface area contributed by atoms with Gasteiger partial charge < -0.3 is 5.11 Å². The van der Waals surface area contributed by atoms with Gasteiger partial charge >= 0.3 is 0 Å². The van der Waals surface area contributed by atoms with E-state index in [1.54, 1.807) is 18.2 Å². The molecule has 2 aromatic carbocycles. The van der Waals surface area contributed by atoms with Gasteiger partial charge in [-0.25, -0.2) is 0 Å². The lowest BCUT2D eigenvalue weighted by Crippen LogP contribution is -1.99. The van der Waals surface area contributed by atoms with E-state index < -0.39 is 6.10 Å². The lowest BCUT2D eigenvalue weighted by Gasteiger charge is -2.11. The van der Waals surface area contributed by atoms with Gasteiger partial charge in [-0.2, -0.15) is 5.26 Å². The molecule has 0 fully saturated rings. The SMILES string of the molecule is N#Cc1cccc([C@H](O)c2ccccc2)c1. The summed E-state index contributed by atoms with van der Waals surface area (Å²) < 4.78 is 0. The molecule has 2 aromatic rings. The Morgan fingerprint density at radius 1 is 0.938 bits per heavy atom. The molecule has 1 atom stereocenters. The maximum Gasteiger partial charge on any atom is 0.104 e. The Hall–Kier alpha value is -2.11. The van der Waals surface area contributed by atoms with Crippen molar-refractivity contribution in [3.63, 3.8) is 0 Å². The van der Waals surface area contributed by atoms with Crippen molar-refractivity contribution in [2.45, 2.75) is 6.10 Å². The number of hydrogen-bond acceptors (Lipinski definition) is 2. The van der Waals surface area contributed by atoms with Crippen LogP contribution in [0.25, 0.3) is 0 Å². The highest BCUT2D eigenvalue weighted by Gasteiger charge is 2.09. The Morgan fingerprint density at radius 2 is 1.62 bits per heavy atom. The highest BCUT2D eigenvalue weighted by molar-refractivity contribution is 5.37. The molecule has 0 aliphatic carbocycles. The minimum absolute atomic E-state index is 0.562. The average molecular weight is 209 g/mol. The second-order valence-corrected chi connectivity index (χ2v) is 3.55. The minimum atomic E-state index is -0.672. The van der Waals surface area contributed by atoms with Crippen molar-refractivity contribution in [2.75, 3.05) is 0 Å². The summed E-state index contributed by atoms with van der Waals surface area (Å²) >= 11 is 0. The highest BCUT2D eigenvalue weighted by Crippen LogP contribution is 2.21. The predicted octanol–water partition coefficient (Wildman–Crippen LogP) is 2.64. The van der Waals surface area contributed by atoms with Crippen LogP contribution in [-0.4, -0.2) is 5.11 Å². The van der Waals surface area contributed by atoms with Crippen molar-refractivity contribution < 1.29 is 5.11 Å². The number of nitrogens with zero attached hydrogens (tertiary/aromatic N) is 1. The normalized spacial score (nSPS) is 11.8. The lowest BCUT2D eigenvalue weighted by molar-refractivity contribution is 0.220. The summed E-state index contributed by atoms with van der Waals surface area (Å²) in [6, 6.07) is 18.5. The second kappa shape index (κ2) is 4.61. The van der Waals surface area contributed by atoms with Gasteiger partial charge in [-0.15, -0.1) is 0 Å². The third-order valence-corrected chi connectivity index (χ3v) is 2.45. The van der Waals surface area contributed by atoms with Crippen LogP contribution in [0, 0.1) is 11.3 Å². The molecule has 0 bridgehead atoms. The van der Waals surface area contributed by atoms with Crippen LogP contribution in [0.2, 0.25) is 0 Å². The molecule has 0 radical (unpaired) electrons. The third-order valence-electron chi connectivity index (χ3n) is 2.45. The zero-order chi connectivity index (χ0) is 11.4. The Kier molecular flexibility index (Phi) is 3.00. The van der Waals surface area contributed by atoms with Crippen molar-refractivity contribution in [1.29, 1.82) is 5.26 Å². The van der Waals surface area contributed by atoms with Crippen LogP contribution >= 0.6 is 0 Å². The van der Waals surface area contributed by atoms with E-state index in [1.165, 1.54) is 0 Å². The first-order valence-corrected chi connectivity index (χ1v) is 5.04. The first-order chi connectivity index (χ1) is 7.81. The van der Waals surface area contributed by atoms with Gasteiger partial charge in [0.1, 0.15) is 6.10 Å². The molecule has 2 nitrogen and oxygen atoms in total. The molecule has 0 spiro atoms. The van der Waals surface area contributed by atoms with E-state index in [9.17, 15) is 5.11 Å². The van der Waals surface area contributed by atoms with Crippen LogP contribution in [0.1, 0.15) is 22.8 Å². The third kappa shape index (κ3) is 2.10. The number of benzene rings is 2. The molecule has 0 heterocycles. The number of aliphatic hydroxyl groups is 1. The summed E-state index contributed by atoms with van der Waals surface area (Å²) in [7, 11) is 0. The fourth-order valence-electron chi connectivity index (χ4n) is 1.61. The van der Waals surface area contributed by atoms with Crippen molar-refractivity contribution in [3.8, 4) is 6.07 Å². The van der Waals surface area contributed by atoms with Gasteiger partial charge in [0.25, 0.3) is 0 Å². The lowest BCUT2D eigenvalue weighted by atomic mass is 10.0. The first-order valence-electron chi connectivity index (χ1n) is 5.04. The fourth-order valence-corrected chi connectivity index (χ4v) is 1.61. The quantitative estimate of drug-likeness (QED) is 0.826. The summed E-state index contributed by atoms with van der Waals surface area (Å²) in [6.07, 6.45) is -0.672. The summed E-state index contributed by atoms with van der Waals surface area (Å²) in [4.78, 5) is 0. The molecule has 2 heteroatoms. The minimum Gasteiger partial charge on any atom is -0.384 e. The van der Waals surface area contributed by atoms with Gasteiger partial charge in [-0.1, -0.05) is 42.5 Å². The molecule has 0 unspecified atom stereocenters. The van der Waals surface area contributed by atoms with Crippen LogP contribution in [-0.2, 0) is 0 Å². The van der Waals surface area contributed by atoms with Crippen LogP contribution < -0.4 is 0 Å². The van der Waals surface area contributed by atoms with E-state index >= 15 is 0 Å². The Balaban J connectivity index is 2.35. The molecule has 16 heavy (non-hydrogen) atoms. The van der Waals surface area contributed by atoms with Crippen molar-refractivity contribution in [3.05, 3.63) is 71.3 Å². The first kappa shape index (κ1) is 10.4. The summed E-state index contributed by atoms with van der Waals surface area (Å²) in [5.41, 5.74) is 2.13. The topological polar surface area (TPSA) is 44.0 Å². The largest absolute Gasteiger partial charge is 0.384 e. The predicted molar refractivity (Wildman–Crippen MR) is 61.7 cm³/mol. The van der Waals surface area contributed by atoms with Crippen LogP contribution in [0.4, 0.5) is 0 Å². The molecule has 78 valence electrons. The van der Waals surface area contributed by atoms with Crippen molar-refractivity contribution >= 4 is 0 Å². The maximum atomic E-state index is 10.1. The van der Waals surface area contributed by atoms with Crippen molar-refractivity contribution in [2.24, 2.45) is 0 Å². The fraction of sp³-hybridized carbons (Fsp3) is 0.0714. The molecule has 0 saturated heterocycles. The molecule has 0 aliphatic rings. The van der Waals surface area contributed by atoms with E-state index in [0.29, 0.717) is 5.56 Å². The molecular weight excluding hydrogens is 198 g/mol. The van der Waals surface area contributed by atoms with Crippen LogP contribution in [0.15, 0.2) is 54.6 Å². The maximum absolute atomic E-state index is 10.1. The number of rotatable bonds is 2. The van der Waals surface area contributed by atoms with Gasteiger partial charge in [0, 0.05) is 0 Å². The molecule has 0 amide bonds. The van der Waals surface area contributed by atoms with Gasteiger partial charge in [-0.05, 0) is 23.3 Å². The zero-order valence-corrected chi connectivity index (χ0v) is 8.67. The Bertz CT molecular complexity index is 514. The van der Waals surface area contributed by atoms with Gasteiger partial charge in [-0.3, -0.25) is 0 Å². The molecule has 1 N–H and O–H groups in total. The van der Waals surface area contributed by atoms with Crippen LogP contribution in [0.3, 0.4) is 0 Å². The van der Waals surface area contributed by atoms with E-state index in [4.69, 9.17) is 5.26 Å². The van der Waals surface area contributed by atoms with E-state index in [2.05, 4.69) is 6.07 Å². The van der Waals surface area contributed by atoms with Crippen molar-refractivity contribution in [1.82, 2.24) is 0 Å². The summed E-state index contributed by atoms with van der Waals surface area (Å²) in [6.45, 7) is 0. The van der Waals surface area contributed by atoms with Gasteiger partial charge in [0.15, 0.2) is 0 Å². The van der Waals surface area contributed by atoms with Gasteiger partial charge in [0.05, 0.1) is 11.6 Å². The monoisotopic (exact) mass is 209 g/mol. The standard InChI is InChI=1S/C14H11NO/c15-10-11-5-4-8-13(9-11)14(16)12-6-2-1-3-7-12/h1-9,14,16H/t14-/m1/s1. The van der Waals surface area contributed by atoms with E-state index in [-0.39, 0.29) is 0 Å². The summed E-state index contributed by atoms with van der Waals surface area (Å²) in [5, 5.41) is 18.9. The second-order valence-electron chi connectivity index (χ2n) is 3.55. The summed E-state index contributed by atoms with van der Waals surface area (Å²) in [5.74, 6) is 0. The van der Waals surface area contributed by atoms with E-state index in [1.807, 2.05) is 36.4 Å². The van der Waals surface area contributed by atoms with Gasteiger partial charge in [0.2, 0.25) is 0 Å².